The molecule has 0 bridgehead atoms. The molecule has 0 atom stereocenters. The second-order valence-electron chi connectivity index (χ2n) is 5.75. The van der Waals surface area contributed by atoms with Crippen LogP contribution in [0.1, 0.15) is 51.4 Å². The normalized spacial score (nSPS) is 22.1. The molecule has 6 heteroatoms. The van der Waals surface area contributed by atoms with E-state index >= 15 is 0 Å². The second kappa shape index (κ2) is 6.35. The molecule has 1 aliphatic heterocycles. The molecular weight excluding hydrogens is 260 g/mol. The van der Waals surface area contributed by atoms with Crippen molar-refractivity contribution in [3.05, 3.63) is 0 Å². The quantitative estimate of drug-likeness (QED) is 0.712. The van der Waals surface area contributed by atoms with Gasteiger partial charge in [0.25, 0.3) is 0 Å². The molecule has 112 valence electrons. The van der Waals surface area contributed by atoms with E-state index in [0.29, 0.717) is 0 Å². The standard InChI is InChI=1S/C14H22N2O4/c17-11(6-9-16-12(18)4-5-13(16)19)15-10-14(20)7-2-1-3-8-14/h20H,1-10H2,(H,15,17). The molecule has 0 radical (unpaired) electrons. The molecule has 20 heavy (non-hydrogen) atoms. The maximum absolute atomic E-state index is 11.7. The third kappa shape index (κ3) is 3.79. The Bertz CT molecular complexity index is 386. The van der Waals surface area contributed by atoms with Gasteiger partial charge in [0.1, 0.15) is 0 Å². The number of nitrogens with one attached hydrogen (secondary N) is 1. The van der Waals surface area contributed by atoms with Gasteiger partial charge in [-0.25, -0.2) is 0 Å². The van der Waals surface area contributed by atoms with Crippen LogP contribution in [0.3, 0.4) is 0 Å². The van der Waals surface area contributed by atoms with Gasteiger partial charge in [0.15, 0.2) is 0 Å². The molecule has 1 saturated heterocycles. The van der Waals surface area contributed by atoms with Crippen molar-refractivity contribution < 1.29 is 19.5 Å². The molecule has 2 aliphatic rings. The lowest BCUT2D eigenvalue weighted by atomic mass is 9.85. The Morgan fingerprint density at radius 1 is 1.15 bits per heavy atom. The Hall–Kier alpha value is -1.43. The monoisotopic (exact) mass is 282 g/mol. The van der Waals surface area contributed by atoms with E-state index in [1.165, 1.54) is 0 Å². The van der Waals surface area contributed by atoms with Crippen molar-refractivity contribution >= 4 is 17.7 Å². The van der Waals surface area contributed by atoms with Crippen LogP contribution in [0.2, 0.25) is 0 Å². The molecule has 0 aromatic carbocycles. The third-order valence-electron chi connectivity index (χ3n) is 4.12. The van der Waals surface area contributed by atoms with E-state index < -0.39 is 5.60 Å². The van der Waals surface area contributed by atoms with Crippen molar-refractivity contribution in [1.82, 2.24) is 10.2 Å². The Morgan fingerprint density at radius 3 is 2.35 bits per heavy atom. The fraction of sp³-hybridized carbons (Fsp3) is 0.786. The first-order chi connectivity index (χ1) is 9.50. The Balaban J connectivity index is 1.70. The molecule has 0 spiro atoms. The SMILES string of the molecule is O=C(CCN1C(=O)CCC1=O)NCC1(O)CCCCC1. The fourth-order valence-corrected chi connectivity index (χ4v) is 2.82. The van der Waals surface area contributed by atoms with Crippen LogP contribution in [0, 0.1) is 0 Å². The third-order valence-corrected chi connectivity index (χ3v) is 4.12. The molecule has 1 heterocycles. The summed E-state index contributed by atoms with van der Waals surface area (Å²) in [5.74, 6) is -0.626. The highest BCUT2D eigenvalue weighted by molar-refractivity contribution is 6.02. The summed E-state index contributed by atoms with van der Waals surface area (Å²) in [6.07, 6.45) is 5.16. The summed E-state index contributed by atoms with van der Waals surface area (Å²) in [7, 11) is 0. The van der Waals surface area contributed by atoms with E-state index in [9.17, 15) is 19.5 Å². The van der Waals surface area contributed by atoms with Crippen molar-refractivity contribution in [2.45, 2.75) is 57.0 Å². The number of amides is 3. The highest BCUT2D eigenvalue weighted by atomic mass is 16.3. The van der Waals surface area contributed by atoms with Gasteiger partial charge in [0.2, 0.25) is 17.7 Å². The van der Waals surface area contributed by atoms with E-state index in [4.69, 9.17) is 0 Å². The van der Waals surface area contributed by atoms with Gasteiger partial charge < -0.3 is 10.4 Å². The van der Waals surface area contributed by atoms with Crippen molar-refractivity contribution in [2.75, 3.05) is 13.1 Å². The van der Waals surface area contributed by atoms with Crippen LogP contribution in [-0.2, 0) is 14.4 Å². The highest BCUT2D eigenvalue weighted by Gasteiger charge is 2.31. The number of carbonyl (C=O) groups excluding carboxylic acids is 3. The molecule has 0 aromatic rings. The predicted octanol–water partition coefficient (Wildman–Crippen LogP) is 0.337. The lowest BCUT2D eigenvalue weighted by molar-refractivity contribution is -0.138. The van der Waals surface area contributed by atoms with Crippen LogP contribution >= 0.6 is 0 Å². The summed E-state index contributed by atoms with van der Waals surface area (Å²) < 4.78 is 0. The minimum atomic E-state index is -0.785. The zero-order valence-corrected chi connectivity index (χ0v) is 11.7. The van der Waals surface area contributed by atoms with Gasteiger partial charge in [0, 0.05) is 32.4 Å². The van der Waals surface area contributed by atoms with Crippen molar-refractivity contribution in [2.24, 2.45) is 0 Å². The summed E-state index contributed by atoms with van der Waals surface area (Å²) in [4.78, 5) is 35.6. The zero-order chi connectivity index (χ0) is 14.6. The van der Waals surface area contributed by atoms with Crippen LogP contribution in [-0.4, -0.2) is 46.4 Å². The minimum absolute atomic E-state index is 0.105. The molecule has 2 N–H and O–H groups in total. The summed E-state index contributed by atoms with van der Waals surface area (Å²) >= 11 is 0. The zero-order valence-electron chi connectivity index (χ0n) is 11.7. The lowest BCUT2D eigenvalue weighted by Gasteiger charge is -2.32. The van der Waals surface area contributed by atoms with Gasteiger partial charge in [-0.15, -0.1) is 0 Å². The van der Waals surface area contributed by atoms with Gasteiger partial charge >= 0.3 is 0 Å². The molecule has 2 rings (SSSR count). The smallest absolute Gasteiger partial charge is 0.229 e. The molecule has 2 fully saturated rings. The van der Waals surface area contributed by atoms with E-state index in [1.54, 1.807) is 0 Å². The van der Waals surface area contributed by atoms with Crippen LogP contribution in [0.25, 0.3) is 0 Å². The fourth-order valence-electron chi connectivity index (χ4n) is 2.82. The summed E-state index contributed by atoms with van der Waals surface area (Å²) in [6.45, 7) is 0.398. The topological polar surface area (TPSA) is 86.7 Å². The van der Waals surface area contributed by atoms with Crippen LogP contribution in [0.15, 0.2) is 0 Å². The number of likely N-dealkylation sites (tertiary alicyclic amines) is 1. The first-order valence-corrected chi connectivity index (χ1v) is 7.32. The van der Waals surface area contributed by atoms with Gasteiger partial charge in [-0.2, -0.15) is 0 Å². The van der Waals surface area contributed by atoms with Crippen molar-refractivity contribution in [3.63, 3.8) is 0 Å². The average molecular weight is 282 g/mol. The Kier molecular flexibility index (Phi) is 4.75. The minimum Gasteiger partial charge on any atom is -0.388 e. The number of nitrogens with zero attached hydrogens (tertiary/aromatic N) is 1. The van der Waals surface area contributed by atoms with E-state index in [0.717, 1.165) is 37.0 Å². The maximum Gasteiger partial charge on any atom is 0.229 e. The first-order valence-electron chi connectivity index (χ1n) is 7.32. The van der Waals surface area contributed by atoms with E-state index in [2.05, 4.69) is 5.32 Å². The van der Waals surface area contributed by atoms with Crippen LogP contribution in [0.4, 0.5) is 0 Å². The number of carbonyl (C=O) groups is 3. The number of aliphatic hydroxyl groups is 1. The number of hydrogen-bond acceptors (Lipinski definition) is 4. The van der Waals surface area contributed by atoms with E-state index in [1.807, 2.05) is 0 Å². The Labute approximate surface area is 118 Å². The van der Waals surface area contributed by atoms with Gasteiger partial charge in [-0.3, -0.25) is 19.3 Å². The molecule has 6 nitrogen and oxygen atoms in total. The molecule has 3 amide bonds. The molecular formula is C14H22N2O4. The Morgan fingerprint density at radius 2 is 1.75 bits per heavy atom. The summed E-state index contributed by atoms with van der Waals surface area (Å²) in [6, 6.07) is 0. The second-order valence-corrected chi connectivity index (χ2v) is 5.75. The molecule has 0 aromatic heterocycles. The van der Waals surface area contributed by atoms with Crippen molar-refractivity contribution in [1.29, 1.82) is 0 Å². The first kappa shape index (κ1) is 15.0. The van der Waals surface area contributed by atoms with Crippen LogP contribution < -0.4 is 5.32 Å². The van der Waals surface area contributed by atoms with Gasteiger partial charge in [-0.05, 0) is 12.8 Å². The maximum atomic E-state index is 11.7. The predicted molar refractivity (Wildman–Crippen MR) is 71.6 cm³/mol. The van der Waals surface area contributed by atoms with Gasteiger partial charge in [-0.1, -0.05) is 19.3 Å². The molecule has 1 aliphatic carbocycles. The average Bonchev–Trinajstić information content (AvgIpc) is 2.74. The lowest BCUT2D eigenvalue weighted by Crippen LogP contribution is -2.45. The summed E-state index contributed by atoms with van der Waals surface area (Å²) in [5, 5.41) is 13.0. The summed E-state index contributed by atoms with van der Waals surface area (Å²) in [5.41, 5.74) is -0.785. The molecule has 0 unspecified atom stereocenters. The number of hydrogen-bond donors (Lipinski definition) is 2. The van der Waals surface area contributed by atoms with Crippen molar-refractivity contribution in [3.8, 4) is 0 Å². The number of imide groups is 1. The number of rotatable bonds is 5. The highest BCUT2D eigenvalue weighted by Crippen LogP contribution is 2.27. The largest absolute Gasteiger partial charge is 0.388 e. The van der Waals surface area contributed by atoms with Gasteiger partial charge in [0.05, 0.1) is 5.60 Å². The van der Waals surface area contributed by atoms with E-state index in [-0.39, 0.29) is 50.1 Å². The molecule has 1 saturated carbocycles. The van der Waals surface area contributed by atoms with Crippen LogP contribution in [0.5, 0.6) is 0 Å².